The van der Waals surface area contributed by atoms with E-state index in [0.29, 0.717) is 11.6 Å². The lowest BCUT2D eigenvalue weighted by molar-refractivity contribution is 0.0593. The molecule has 0 unspecified atom stereocenters. The minimum absolute atomic E-state index is 0.367. The number of aromatic nitrogens is 1. The van der Waals surface area contributed by atoms with Crippen LogP contribution in [0.5, 0.6) is 0 Å². The summed E-state index contributed by atoms with van der Waals surface area (Å²) in [6, 6.07) is 5.38. The van der Waals surface area contributed by atoms with Gasteiger partial charge in [-0.15, -0.1) is 11.8 Å². The molecule has 1 heterocycles. The molecule has 0 amide bonds. The van der Waals surface area contributed by atoms with Crippen LogP contribution in [0.25, 0.3) is 0 Å². The molecule has 1 aromatic rings. The van der Waals surface area contributed by atoms with Crippen LogP contribution < -0.4 is 0 Å². The van der Waals surface area contributed by atoms with Gasteiger partial charge in [0.25, 0.3) is 0 Å². The summed E-state index contributed by atoms with van der Waals surface area (Å²) >= 11 is 1.65. The van der Waals surface area contributed by atoms with Gasteiger partial charge in [-0.1, -0.05) is 19.9 Å². The van der Waals surface area contributed by atoms with Crippen LogP contribution in [0.3, 0.4) is 0 Å². The van der Waals surface area contributed by atoms with Gasteiger partial charge < -0.3 is 4.74 Å². The van der Waals surface area contributed by atoms with E-state index in [2.05, 4.69) is 23.6 Å². The lowest BCUT2D eigenvalue weighted by Gasteiger charge is -2.04. The zero-order valence-electron chi connectivity index (χ0n) is 9.19. The molecule has 1 aromatic heterocycles. The first-order chi connectivity index (χ1) is 7.13. The lowest BCUT2D eigenvalue weighted by atomic mass is 10.3. The molecule has 0 atom stereocenters. The molecule has 0 radical (unpaired) electrons. The lowest BCUT2D eigenvalue weighted by Crippen LogP contribution is -2.04. The average molecular weight is 225 g/mol. The molecule has 82 valence electrons. The van der Waals surface area contributed by atoms with Crippen molar-refractivity contribution in [3.63, 3.8) is 0 Å². The van der Waals surface area contributed by atoms with Crippen molar-refractivity contribution in [3.8, 4) is 0 Å². The third-order valence-corrected chi connectivity index (χ3v) is 3.04. The first-order valence-electron chi connectivity index (χ1n) is 4.81. The Kier molecular flexibility index (Phi) is 4.62. The van der Waals surface area contributed by atoms with Crippen molar-refractivity contribution in [2.75, 3.05) is 12.9 Å². The van der Waals surface area contributed by atoms with Crippen molar-refractivity contribution in [1.82, 2.24) is 4.98 Å². The molecule has 3 nitrogen and oxygen atoms in total. The van der Waals surface area contributed by atoms with Crippen molar-refractivity contribution >= 4 is 17.7 Å². The first-order valence-corrected chi connectivity index (χ1v) is 5.80. The molecule has 0 aliphatic rings. The number of rotatable bonds is 4. The van der Waals surface area contributed by atoms with Crippen molar-refractivity contribution in [3.05, 3.63) is 23.9 Å². The van der Waals surface area contributed by atoms with E-state index in [1.165, 1.54) is 7.11 Å². The van der Waals surface area contributed by atoms with E-state index >= 15 is 0 Å². The van der Waals surface area contributed by atoms with Gasteiger partial charge in [0.1, 0.15) is 5.69 Å². The molecule has 0 aliphatic carbocycles. The Labute approximate surface area is 94.2 Å². The van der Waals surface area contributed by atoms with Gasteiger partial charge in [-0.3, -0.25) is 0 Å². The number of ether oxygens (including phenoxy) is 1. The summed E-state index contributed by atoms with van der Waals surface area (Å²) in [7, 11) is 1.36. The minimum atomic E-state index is -0.387. The molecule has 1 rings (SSSR count). The van der Waals surface area contributed by atoms with Crippen molar-refractivity contribution in [1.29, 1.82) is 0 Å². The van der Waals surface area contributed by atoms with E-state index in [-0.39, 0.29) is 5.97 Å². The van der Waals surface area contributed by atoms with Gasteiger partial charge in [0.15, 0.2) is 0 Å². The molecular weight excluding hydrogens is 210 g/mol. The van der Waals surface area contributed by atoms with E-state index in [1.807, 2.05) is 12.1 Å². The number of carbonyl (C=O) groups excluding carboxylic acids is 1. The van der Waals surface area contributed by atoms with Crippen LogP contribution in [0, 0.1) is 5.92 Å². The third kappa shape index (κ3) is 3.91. The molecule has 0 saturated carbocycles. The fourth-order valence-electron chi connectivity index (χ4n) is 0.966. The fraction of sp³-hybridized carbons (Fsp3) is 0.455. The van der Waals surface area contributed by atoms with E-state index in [9.17, 15) is 4.79 Å². The van der Waals surface area contributed by atoms with Crippen LogP contribution in [0.2, 0.25) is 0 Å². The van der Waals surface area contributed by atoms with Crippen LogP contribution in [-0.2, 0) is 4.74 Å². The number of carbonyl (C=O) groups is 1. The van der Waals surface area contributed by atoms with Gasteiger partial charge in [0, 0.05) is 5.75 Å². The largest absolute Gasteiger partial charge is 0.464 e. The van der Waals surface area contributed by atoms with Gasteiger partial charge in [0.2, 0.25) is 0 Å². The Morgan fingerprint density at radius 3 is 2.87 bits per heavy atom. The van der Waals surface area contributed by atoms with E-state index in [1.54, 1.807) is 17.8 Å². The van der Waals surface area contributed by atoms with Gasteiger partial charge in [-0.25, -0.2) is 9.78 Å². The monoisotopic (exact) mass is 225 g/mol. The van der Waals surface area contributed by atoms with E-state index in [4.69, 9.17) is 0 Å². The summed E-state index contributed by atoms with van der Waals surface area (Å²) in [5.74, 6) is 1.22. The molecule has 0 aliphatic heterocycles. The second kappa shape index (κ2) is 5.75. The summed E-state index contributed by atoms with van der Waals surface area (Å²) in [5, 5.41) is 0.867. The van der Waals surface area contributed by atoms with Crippen molar-refractivity contribution < 1.29 is 9.53 Å². The number of nitrogens with zero attached hydrogens (tertiary/aromatic N) is 1. The van der Waals surface area contributed by atoms with Crippen molar-refractivity contribution in [2.45, 2.75) is 18.9 Å². The molecule has 0 N–H and O–H groups in total. The Balaban J connectivity index is 2.70. The highest BCUT2D eigenvalue weighted by atomic mass is 32.2. The summed E-state index contributed by atoms with van der Waals surface area (Å²) in [6.07, 6.45) is 0. The molecule has 0 aromatic carbocycles. The zero-order valence-corrected chi connectivity index (χ0v) is 10.0. The highest BCUT2D eigenvalue weighted by molar-refractivity contribution is 7.99. The van der Waals surface area contributed by atoms with Gasteiger partial charge in [-0.2, -0.15) is 0 Å². The highest BCUT2D eigenvalue weighted by Crippen LogP contribution is 2.18. The molecule has 15 heavy (non-hydrogen) atoms. The summed E-state index contributed by atoms with van der Waals surface area (Å²) in [4.78, 5) is 15.4. The fourth-order valence-corrected chi connectivity index (χ4v) is 1.81. The Morgan fingerprint density at radius 2 is 2.27 bits per heavy atom. The molecule has 0 bridgehead atoms. The van der Waals surface area contributed by atoms with Crippen LogP contribution >= 0.6 is 11.8 Å². The second-order valence-electron chi connectivity index (χ2n) is 3.56. The number of pyridine rings is 1. The van der Waals surface area contributed by atoms with Crippen LogP contribution in [0.4, 0.5) is 0 Å². The second-order valence-corrected chi connectivity index (χ2v) is 4.60. The maximum atomic E-state index is 11.2. The average Bonchev–Trinajstić information content (AvgIpc) is 2.25. The number of thioether (sulfide) groups is 1. The van der Waals surface area contributed by atoms with Crippen LogP contribution in [-0.4, -0.2) is 23.8 Å². The standard InChI is InChI=1S/C11H15NO2S/c1-8(2)7-15-10-6-4-5-9(12-10)11(13)14-3/h4-6,8H,7H2,1-3H3. The Morgan fingerprint density at radius 1 is 1.53 bits per heavy atom. The Hall–Kier alpha value is -1.03. The van der Waals surface area contributed by atoms with Gasteiger partial charge in [0.05, 0.1) is 12.1 Å². The first kappa shape index (κ1) is 12.0. The SMILES string of the molecule is COC(=O)c1cccc(SCC(C)C)n1. The van der Waals surface area contributed by atoms with Crippen LogP contribution in [0.15, 0.2) is 23.2 Å². The Bertz CT molecular complexity index is 339. The smallest absolute Gasteiger partial charge is 0.356 e. The molecule has 4 heteroatoms. The molecule has 0 saturated heterocycles. The highest BCUT2D eigenvalue weighted by Gasteiger charge is 2.07. The number of esters is 1. The van der Waals surface area contributed by atoms with E-state index < -0.39 is 0 Å². The maximum Gasteiger partial charge on any atom is 0.356 e. The summed E-state index contributed by atoms with van der Waals surface area (Å²) in [6.45, 7) is 4.30. The molecule has 0 spiro atoms. The topological polar surface area (TPSA) is 39.2 Å². The normalized spacial score (nSPS) is 10.4. The maximum absolute atomic E-state index is 11.2. The van der Waals surface area contributed by atoms with Crippen LogP contribution in [0.1, 0.15) is 24.3 Å². The summed E-state index contributed by atoms with van der Waals surface area (Å²) < 4.78 is 4.61. The van der Waals surface area contributed by atoms with Gasteiger partial charge >= 0.3 is 5.97 Å². The van der Waals surface area contributed by atoms with Crippen molar-refractivity contribution in [2.24, 2.45) is 5.92 Å². The number of methoxy groups -OCH3 is 1. The zero-order chi connectivity index (χ0) is 11.3. The predicted molar refractivity (Wildman–Crippen MR) is 61.1 cm³/mol. The van der Waals surface area contributed by atoms with E-state index in [0.717, 1.165) is 10.8 Å². The minimum Gasteiger partial charge on any atom is -0.464 e. The quantitative estimate of drug-likeness (QED) is 0.583. The number of hydrogen-bond acceptors (Lipinski definition) is 4. The molecule has 0 fully saturated rings. The number of hydrogen-bond donors (Lipinski definition) is 0. The van der Waals surface area contributed by atoms with Gasteiger partial charge in [-0.05, 0) is 18.1 Å². The third-order valence-electron chi connectivity index (χ3n) is 1.68. The molecular formula is C11H15NO2S. The summed E-state index contributed by atoms with van der Waals surface area (Å²) in [5.41, 5.74) is 0.367. The predicted octanol–water partition coefficient (Wildman–Crippen LogP) is 2.62.